The molecule has 2 aromatic heterocycles. The minimum atomic E-state index is -0.490. The molecule has 2 heterocycles. The van der Waals surface area contributed by atoms with E-state index in [0.717, 1.165) is 0 Å². The van der Waals surface area contributed by atoms with Crippen LogP contribution in [0.1, 0.15) is 21.0 Å². The van der Waals surface area contributed by atoms with Crippen LogP contribution in [0.2, 0.25) is 0 Å². The summed E-state index contributed by atoms with van der Waals surface area (Å²) < 4.78 is 0. The third-order valence-corrected chi connectivity index (χ3v) is 1.83. The van der Waals surface area contributed by atoms with Crippen LogP contribution in [-0.2, 0) is 17.1 Å². The van der Waals surface area contributed by atoms with Gasteiger partial charge < -0.3 is 22.3 Å². The van der Waals surface area contributed by atoms with E-state index in [-0.39, 0.29) is 17.1 Å². The topological polar surface area (TPSA) is 157 Å². The molecule has 2 amide bonds. The molecule has 0 aliphatic rings. The fraction of sp³-hybridized carbons (Fsp3) is 0. The van der Waals surface area contributed by atoms with Gasteiger partial charge in [-0.1, -0.05) is 36.6 Å². The van der Waals surface area contributed by atoms with Crippen molar-refractivity contribution in [2.45, 2.75) is 0 Å². The Balaban J connectivity index is -0.000000287. The number of aromatic nitrogens is 2. The normalized spacial score (nSPS) is 7.04. The van der Waals surface area contributed by atoms with Gasteiger partial charge in [-0.25, -0.2) is 0 Å². The average molecular weight is 424 g/mol. The van der Waals surface area contributed by atoms with E-state index in [1.807, 2.05) is 0 Å². The van der Waals surface area contributed by atoms with E-state index in [1.165, 1.54) is 22.7 Å². The molecule has 25 heavy (non-hydrogen) atoms. The fourth-order valence-electron chi connectivity index (χ4n) is 1.02. The van der Waals surface area contributed by atoms with Crippen molar-refractivity contribution < 1.29 is 26.7 Å². The Morgan fingerprint density at radius 3 is 1.24 bits per heavy atom. The van der Waals surface area contributed by atoms with Gasteiger partial charge in [0, 0.05) is 12.4 Å². The van der Waals surface area contributed by atoms with Crippen LogP contribution < -0.4 is 11.5 Å². The molecule has 2 aromatic rings. The molecule has 4 N–H and O–H groups in total. The molecule has 1 radical (unpaired) electrons. The number of nitrogens with zero attached hydrogens (tertiary/aromatic N) is 4. The summed E-state index contributed by atoms with van der Waals surface area (Å²) in [7, 11) is 0. The first-order valence-corrected chi connectivity index (χ1v) is 6.70. The maximum atomic E-state index is 10.4. The van der Waals surface area contributed by atoms with Crippen molar-refractivity contribution in [2.24, 2.45) is 11.5 Å². The van der Waals surface area contributed by atoms with Crippen molar-refractivity contribution in [3.8, 4) is 0 Å². The number of nitrogens with two attached hydrogens (primary N) is 2. The number of carbonyl (C=O) groups excluding carboxylic acids is 2. The molecule has 8 nitrogen and oxygen atoms in total. The molecular formula is C14H12CuN6O2S2. The van der Waals surface area contributed by atoms with Crippen LogP contribution in [0.4, 0.5) is 0 Å². The Kier molecular flexibility index (Phi) is 21.1. The van der Waals surface area contributed by atoms with Gasteiger partial charge in [0.25, 0.3) is 11.8 Å². The molecular weight excluding hydrogens is 412 g/mol. The number of isothiocyanates is 2. The van der Waals surface area contributed by atoms with Crippen LogP contribution in [0.15, 0.2) is 48.8 Å². The first kappa shape index (κ1) is 27.2. The summed E-state index contributed by atoms with van der Waals surface area (Å²) in [6.07, 6.45) is 3.06. The van der Waals surface area contributed by atoms with Gasteiger partial charge in [0.05, 0.1) is 0 Å². The van der Waals surface area contributed by atoms with E-state index >= 15 is 0 Å². The molecule has 2 rings (SSSR count). The maximum Gasteiger partial charge on any atom is 2.00 e. The smallest absolute Gasteiger partial charge is 0.753 e. The van der Waals surface area contributed by atoms with E-state index in [0.29, 0.717) is 11.4 Å². The molecule has 11 heteroatoms. The van der Waals surface area contributed by atoms with E-state index < -0.39 is 11.8 Å². The Morgan fingerprint density at radius 1 is 0.840 bits per heavy atom. The van der Waals surface area contributed by atoms with Crippen LogP contribution in [0.25, 0.3) is 10.8 Å². The monoisotopic (exact) mass is 423 g/mol. The zero-order chi connectivity index (χ0) is 18.8. The predicted molar refractivity (Wildman–Crippen MR) is 97.4 cm³/mol. The second-order valence-corrected chi connectivity index (χ2v) is 3.71. The molecule has 0 unspecified atom stereocenters. The second-order valence-electron chi connectivity index (χ2n) is 3.34. The van der Waals surface area contributed by atoms with Crippen LogP contribution in [0.5, 0.6) is 0 Å². The molecule has 0 aromatic carbocycles. The zero-order valence-corrected chi connectivity index (χ0v) is 15.1. The van der Waals surface area contributed by atoms with Crippen LogP contribution >= 0.6 is 24.4 Å². The molecule has 0 atom stereocenters. The molecule has 0 saturated carbocycles. The quantitative estimate of drug-likeness (QED) is 0.424. The van der Waals surface area contributed by atoms with Gasteiger partial charge in [0.2, 0.25) is 0 Å². The number of hydrogen-bond acceptors (Lipinski definition) is 6. The number of carbonyl (C=O) groups is 2. The summed E-state index contributed by atoms with van der Waals surface area (Å²) in [4.78, 5) is 28.1. The summed E-state index contributed by atoms with van der Waals surface area (Å²) in [5.41, 5.74) is 10.4. The Hall–Kier alpha value is -2.64. The van der Waals surface area contributed by atoms with Gasteiger partial charge in [-0.3, -0.25) is 19.6 Å². The van der Waals surface area contributed by atoms with Crippen molar-refractivity contribution in [2.75, 3.05) is 0 Å². The molecule has 0 fully saturated rings. The Bertz CT molecular complexity index is 627. The Labute approximate surface area is 165 Å². The number of hydrogen-bond donors (Lipinski definition) is 2. The minimum absolute atomic E-state index is 0. The zero-order valence-electron chi connectivity index (χ0n) is 12.5. The van der Waals surface area contributed by atoms with Crippen molar-refractivity contribution in [3.05, 3.63) is 71.0 Å². The largest absolute Gasteiger partial charge is 2.00 e. The van der Waals surface area contributed by atoms with Crippen molar-refractivity contribution >= 4 is 46.6 Å². The molecule has 0 bridgehead atoms. The van der Waals surface area contributed by atoms with Gasteiger partial charge in [0.1, 0.15) is 11.4 Å². The van der Waals surface area contributed by atoms with E-state index in [9.17, 15) is 9.59 Å². The standard InChI is InChI=1S/2C6H6N2O.2CNS.Cu/c2*7-6(9)5-3-1-2-4-8-5;2*2-1-3;/h2*1-4H,(H2,7,9);;;/q;;2*-1;+2. The van der Waals surface area contributed by atoms with Crippen molar-refractivity contribution in [3.63, 3.8) is 0 Å². The maximum absolute atomic E-state index is 10.4. The van der Waals surface area contributed by atoms with Gasteiger partial charge in [-0.15, -0.1) is 0 Å². The number of primary amides is 2. The van der Waals surface area contributed by atoms with Crippen LogP contribution in [0, 0.1) is 0 Å². The third-order valence-electron chi connectivity index (χ3n) is 1.83. The third kappa shape index (κ3) is 17.5. The first-order valence-electron chi connectivity index (χ1n) is 5.88. The molecule has 0 aliphatic carbocycles. The Morgan fingerprint density at radius 2 is 1.12 bits per heavy atom. The first-order chi connectivity index (χ1) is 11.4. The number of rotatable bonds is 2. The molecule has 0 saturated heterocycles. The van der Waals surface area contributed by atoms with Crippen molar-refractivity contribution in [1.82, 2.24) is 9.97 Å². The number of pyridine rings is 2. The number of amides is 2. The predicted octanol–water partition coefficient (Wildman–Crippen LogP) is 1.68. The van der Waals surface area contributed by atoms with E-state index in [4.69, 9.17) is 22.3 Å². The minimum Gasteiger partial charge on any atom is -0.753 e. The second kappa shape index (κ2) is 19.4. The summed E-state index contributed by atoms with van der Waals surface area (Å²) in [5, 5.41) is 16.9. The molecule has 0 spiro atoms. The average Bonchev–Trinajstić information content (AvgIpc) is 2.58. The summed E-state index contributed by atoms with van der Waals surface area (Å²) in [5.74, 6) is -0.980. The van der Waals surface area contributed by atoms with Crippen LogP contribution in [-0.4, -0.2) is 32.1 Å². The van der Waals surface area contributed by atoms with Gasteiger partial charge in [-0.2, -0.15) is 10.3 Å². The van der Waals surface area contributed by atoms with Crippen LogP contribution in [0.3, 0.4) is 0 Å². The fourth-order valence-corrected chi connectivity index (χ4v) is 1.02. The van der Waals surface area contributed by atoms with E-state index in [1.54, 1.807) is 36.4 Å². The summed E-state index contributed by atoms with van der Waals surface area (Å²) >= 11 is 7.40. The summed E-state index contributed by atoms with van der Waals surface area (Å²) in [6.45, 7) is 0. The summed E-state index contributed by atoms with van der Waals surface area (Å²) in [6, 6.07) is 10.0. The van der Waals surface area contributed by atoms with Gasteiger partial charge >= 0.3 is 17.1 Å². The van der Waals surface area contributed by atoms with Gasteiger partial charge in [0.15, 0.2) is 0 Å². The van der Waals surface area contributed by atoms with Gasteiger partial charge in [-0.05, 0) is 24.3 Å². The van der Waals surface area contributed by atoms with E-state index in [2.05, 4.69) is 34.4 Å². The molecule has 0 aliphatic heterocycles. The van der Waals surface area contributed by atoms with Crippen molar-refractivity contribution in [1.29, 1.82) is 0 Å². The molecule has 133 valence electrons. The number of thiocarbonyl (C=S) groups is 2. The SMILES string of the molecule is NC(=O)c1ccccn1.NC(=O)c1ccccn1.[Cu+2].[N-]=C=S.[N-]=C=S.